The molecule has 180 valence electrons. The molecule has 2 N–H and O–H groups in total. The first-order valence-corrected chi connectivity index (χ1v) is 11.5. The number of carbonyl (C=O) groups is 2. The minimum absolute atomic E-state index is 0.0941. The van der Waals surface area contributed by atoms with Crippen molar-refractivity contribution < 1.29 is 19.1 Å². The zero-order valence-corrected chi connectivity index (χ0v) is 20.3. The second-order valence-corrected chi connectivity index (χ2v) is 8.46. The lowest BCUT2D eigenvalue weighted by Gasteiger charge is -2.33. The normalized spacial score (nSPS) is 16.6. The van der Waals surface area contributed by atoms with E-state index in [1.54, 1.807) is 42.1 Å². The molecule has 1 aliphatic rings. The van der Waals surface area contributed by atoms with E-state index in [-0.39, 0.29) is 12.5 Å². The van der Waals surface area contributed by atoms with Gasteiger partial charge in [0.15, 0.2) is 11.5 Å². The SMILES string of the molecule is C#CCOc1ccc([C@@H]2c3c(C)nn(C)c3NC(=O)[C@H]2NC(=O)c2ccc(Cl)cc2)cc1OCC. The molecule has 0 fully saturated rings. The number of fused-ring (bicyclic) bond motifs is 1. The van der Waals surface area contributed by atoms with Crippen molar-refractivity contribution >= 4 is 29.2 Å². The maximum atomic E-state index is 13.3. The predicted octanol–water partition coefficient (Wildman–Crippen LogP) is 3.68. The van der Waals surface area contributed by atoms with Crippen LogP contribution in [0.5, 0.6) is 11.5 Å². The Kier molecular flexibility index (Phi) is 6.99. The van der Waals surface area contributed by atoms with Crippen molar-refractivity contribution in [3.05, 3.63) is 69.9 Å². The molecule has 9 heteroatoms. The molecular formula is C26H25ClN4O4. The quantitative estimate of drug-likeness (QED) is 0.491. The number of hydrogen-bond acceptors (Lipinski definition) is 5. The number of nitrogens with one attached hydrogen (secondary N) is 2. The number of benzene rings is 2. The maximum Gasteiger partial charge on any atom is 0.251 e. The van der Waals surface area contributed by atoms with Crippen molar-refractivity contribution in [3.8, 4) is 23.8 Å². The molecule has 3 aromatic rings. The number of nitrogens with zero attached hydrogens (tertiary/aromatic N) is 2. The molecule has 2 atom stereocenters. The molecule has 0 saturated carbocycles. The van der Waals surface area contributed by atoms with Gasteiger partial charge in [-0.25, -0.2) is 0 Å². The van der Waals surface area contributed by atoms with Gasteiger partial charge in [0, 0.05) is 29.1 Å². The first-order valence-electron chi connectivity index (χ1n) is 11.1. The van der Waals surface area contributed by atoms with Crippen LogP contribution in [-0.4, -0.2) is 40.9 Å². The molecule has 0 radical (unpaired) electrons. The van der Waals surface area contributed by atoms with Crippen LogP contribution in [0.3, 0.4) is 0 Å². The molecule has 0 bridgehead atoms. The molecule has 0 saturated heterocycles. The Morgan fingerprint density at radius 1 is 1.23 bits per heavy atom. The molecule has 0 spiro atoms. The summed E-state index contributed by atoms with van der Waals surface area (Å²) < 4.78 is 13.0. The van der Waals surface area contributed by atoms with E-state index in [9.17, 15) is 9.59 Å². The van der Waals surface area contributed by atoms with Crippen LogP contribution < -0.4 is 20.1 Å². The third kappa shape index (κ3) is 4.81. The zero-order valence-electron chi connectivity index (χ0n) is 19.6. The molecule has 2 amide bonds. The standard InChI is InChI=1S/C26H25ClN4O4/c1-5-13-35-19-12-9-17(14-20(19)34-6-2)22-21-15(3)30-31(4)24(21)29-26(33)23(22)28-25(32)16-7-10-18(27)11-8-16/h1,7-12,14,22-23H,6,13H2,2-4H3,(H,28,32)(H,29,33)/t22-,23+/m1/s1. The van der Waals surface area contributed by atoms with Gasteiger partial charge >= 0.3 is 0 Å². The molecule has 4 rings (SSSR count). The van der Waals surface area contributed by atoms with E-state index in [2.05, 4.69) is 21.7 Å². The molecular weight excluding hydrogens is 468 g/mol. The van der Waals surface area contributed by atoms with Crippen LogP contribution in [0, 0.1) is 19.3 Å². The van der Waals surface area contributed by atoms with Gasteiger partial charge in [0.1, 0.15) is 18.5 Å². The van der Waals surface area contributed by atoms with Crippen molar-refractivity contribution in [1.82, 2.24) is 15.1 Å². The maximum absolute atomic E-state index is 13.3. The lowest BCUT2D eigenvalue weighted by Crippen LogP contribution is -2.50. The molecule has 2 aromatic carbocycles. The monoisotopic (exact) mass is 492 g/mol. The summed E-state index contributed by atoms with van der Waals surface area (Å²) in [6.45, 7) is 4.24. The van der Waals surface area contributed by atoms with E-state index in [0.717, 1.165) is 16.8 Å². The summed E-state index contributed by atoms with van der Waals surface area (Å²) in [5.74, 6) is 2.76. The summed E-state index contributed by atoms with van der Waals surface area (Å²) in [6, 6.07) is 11.0. The van der Waals surface area contributed by atoms with Gasteiger partial charge in [0.05, 0.1) is 12.3 Å². The smallest absolute Gasteiger partial charge is 0.251 e. The summed E-state index contributed by atoms with van der Waals surface area (Å²) >= 11 is 5.96. The highest BCUT2D eigenvalue weighted by molar-refractivity contribution is 6.30. The second-order valence-electron chi connectivity index (χ2n) is 8.03. The number of aryl methyl sites for hydroxylation is 2. The van der Waals surface area contributed by atoms with Crippen LogP contribution in [0.25, 0.3) is 0 Å². The highest BCUT2D eigenvalue weighted by atomic mass is 35.5. The highest BCUT2D eigenvalue weighted by Crippen LogP contribution is 2.42. The molecule has 2 heterocycles. The van der Waals surface area contributed by atoms with Gasteiger partial charge in [-0.15, -0.1) is 6.42 Å². The number of carbonyl (C=O) groups excluding carboxylic acids is 2. The van der Waals surface area contributed by atoms with Gasteiger partial charge in [0.2, 0.25) is 5.91 Å². The van der Waals surface area contributed by atoms with Gasteiger partial charge in [-0.1, -0.05) is 23.6 Å². The van der Waals surface area contributed by atoms with Crippen molar-refractivity contribution in [2.45, 2.75) is 25.8 Å². The van der Waals surface area contributed by atoms with Gasteiger partial charge in [-0.3, -0.25) is 14.3 Å². The topological polar surface area (TPSA) is 94.5 Å². The summed E-state index contributed by atoms with van der Waals surface area (Å²) in [7, 11) is 1.76. The number of ether oxygens (including phenoxy) is 2. The lowest BCUT2D eigenvalue weighted by molar-refractivity contribution is -0.118. The number of hydrogen-bond donors (Lipinski definition) is 2. The average molecular weight is 493 g/mol. The van der Waals surface area contributed by atoms with E-state index < -0.39 is 17.9 Å². The van der Waals surface area contributed by atoms with E-state index >= 15 is 0 Å². The minimum Gasteiger partial charge on any atom is -0.490 e. The lowest BCUT2D eigenvalue weighted by atomic mass is 9.81. The number of rotatable bonds is 7. The number of halogens is 1. The first-order chi connectivity index (χ1) is 16.8. The average Bonchev–Trinajstić information content (AvgIpc) is 3.11. The summed E-state index contributed by atoms with van der Waals surface area (Å²) in [4.78, 5) is 26.3. The Labute approximate surface area is 208 Å². The fourth-order valence-corrected chi connectivity index (χ4v) is 4.39. The van der Waals surface area contributed by atoms with Gasteiger partial charge < -0.3 is 20.1 Å². The van der Waals surface area contributed by atoms with Crippen molar-refractivity contribution in [2.24, 2.45) is 7.05 Å². The van der Waals surface area contributed by atoms with Crippen LogP contribution in [0.15, 0.2) is 42.5 Å². The third-order valence-electron chi connectivity index (χ3n) is 5.77. The van der Waals surface area contributed by atoms with Gasteiger partial charge in [-0.05, 0) is 55.8 Å². The van der Waals surface area contributed by atoms with Crippen molar-refractivity contribution in [2.75, 3.05) is 18.5 Å². The Hall–Kier alpha value is -3.96. The molecule has 0 aliphatic carbocycles. The zero-order chi connectivity index (χ0) is 25.1. The Morgan fingerprint density at radius 2 is 1.97 bits per heavy atom. The van der Waals surface area contributed by atoms with E-state index in [4.69, 9.17) is 27.5 Å². The van der Waals surface area contributed by atoms with Crippen LogP contribution in [0.4, 0.5) is 5.82 Å². The van der Waals surface area contributed by atoms with Crippen LogP contribution in [0.2, 0.25) is 5.02 Å². The van der Waals surface area contributed by atoms with Gasteiger partial charge in [0.25, 0.3) is 5.91 Å². The van der Waals surface area contributed by atoms with Crippen molar-refractivity contribution in [1.29, 1.82) is 0 Å². The van der Waals surface area contributed by atoms with Crippen molar-refractivity contribution in [3.63, 3.8) is 0 Å². The molecule has 8 nitrogen and oxygen atoms in total. The van der Waals surface area contributed by atoms with Crippen LogP contribution >= 0.6 is 11.6 Å². The largest absolute Gasteiger partial charge is 0.490 e. The number of terminal acetylenes is 1. The fraction of sp³-hybridized carbons (Fsp3) is 0.269. The number of anilines is 1. The van der Waals surface area contributed by atoms with Crippen LogP contribution in [-0.2, 0) is 11.8 Å². The summed E-state index contributed by atoms with van der Waals surface area (Å²) in [6.07, 6.45) is 5.34. The van der Waals surface area contributed by atoms with E-state index in [0.29, 0.717) is 34.5 Å². The number of amides is 2. The Morgan fingerprint density at radius 3 is 2.66 bits per heavy atom. The molecule has 0 unspecified atom stereocenters. The fourth-order valence-electron chi connectivity index (χ4n) is 4.27. The second kappa shape index (κ2) is 10.1. The molecule has 35 heavy (non-hydrogen) atoms. The number of aromatic nitrogens is 2. The Bertz CT molecular complexity index is 1310. The molecule has 1 aromatic heterocycles. The van der Waals surface area contributed by atoms with E-state index in [1.807, 2.05) is 26.0 Å². The van der Waals surface area contributed by atoms with E-state index in [1.165, 1.54) is 0 Å². The Balaban J connectivity index is 1.79. The van der Waals surface area contributed by atoms with Crippen LogP contribution in [0.1, 0.15) is 40.0 Å². The predicted molar refractivity (Wildman–Crippen MR) is 133 cm³/mol. The highest BCUT2D eigenvalue weighted by Gasteiger charge is 2.41. The third-order valence-corrected chi connectivity index (χ3v) is 6.02. The molecule has 1 aliphatic heterocycles. The minimum atomic E-state index is -0.902. The first kappa shape index (κ1) is 24.2. The van der Waals surface area contributed by atoms with Gasteiger partial charge in [-0.2, -0.15) is 5.10 Å². The summed E-state index contributed by atoms with van der Waals surface area (Å²) in [5.41, 5.74) is 2.70. The summed E-state index contributed by atoms with van der Waals surface area (Å²) in [5, 5.41) is 10.8.